The molecule has 0 amide bonds. The summed E-state index contributed by atoms with van der Waals surface area (Å²) in [6.07, 6.45) is 48.3. The highest BCUT2D eigenvalue weighted by Crippen LogP contribution is 2.14. The molecule has 0 heterocycles. The van der Waals surface area contributed by atoms with Crippen molar-refractivity contribution in [2.45, 2.75) is 193 Å². The van der Waals surface area contributed by atoms with E-state index in [1.54, 1.807) is 0 Å². The lowest BCUT2D eigenvalue weighted by atomic mass is 10.1. The molecule has 0 spiro atoms. The summed E-state index contributed by atoms with van der Waals surface area (Å²) in [4.78, 5) is 37.0. The molecule has 0 fully saturated rings. The van der Waals surface area contributed by atoms with Gasteiger partial charge in [0.25, 0.3) is 0 Å². The van der Waals surface area contributed by atoms with Crippen molar-refractivity contribution in [3.8, 4) is 0 Å². The number of hydrogen-bond acceptors (Lipinski definition) is 6. The summed E-state index contributed by atoms with van der Waals surface area (Å²) in [5.41, 5.74) is 0. The first-order chi connectivity index (χ1) is 27.6. The number of carboxylic acids is 1. The summed E-state index contributed by atoms with van der Waals surface area (Å²) in [6.45, 7) is 4.57. The van der Waals surface area contributed by atoms with Gasteiger partial charge in [-0.15, -0.1) is 0 Å². The number of nitrogens with zero attached hydrogens (tertiary/aromatic N) is 1. The van der Waals surface area contributed by atoms with Gasteiger partial charge in [-0.2, -0.15) is 0 Å². The van der Waals surface area contributed by atoms with Gasteiger partial charge in [0, 0.05) is 19.3 Å². The van der Waals surface area contributed by atoms with Gasteiger partial charge in [-0.25, -0.2) is 4.79 Å². The van der Waals surface area contributed by atoms with Crippen LogP contribution < -0.4 is 0 Å². The number of quaternary nitrogens is 1. The number of carbonyl (C=O) groups excluding carboxylic acids is 2. The van der Waals surface area contributed by atoms with Crippen molar-refractivity contribution < 1.29 is 38.2 Å². The van der Waals surface area contributed by atoms with Gasteiger partial charge in [-0.05, 0) is 70.6 Å². The van der Waals surface area contributed by atoms with E-state index in [9.17, 15) is 19.5 Å². The van der Waals surface area contributed by atoms with Crippen LogP contribution in [0, 0.1) is 0 Å². The third-order valence-corrected chi connectivity index (χ3v) is 9.93. The van der Waals surface area contributed by atoms with Crippen molar-refractivity contribution in [2.24, 2.45) is 0 Å². The van der Waals surface area contributed by atoms with Gasteiger partial charge >= 0.3 is 17.9 Å². The number of allylic oxidation sites excluding steroid dienone is 10. The number of ether oxygens (including phenoxy) is 3. The molecule has 0 rings (SSSR count). The molecule has 0 aromatic carbocycles. The standard InChI is InChI=1S/C49H85NO7/c1-6-8-10-12-14-16-18-20-22-23-24-25-26-28-30-32-34-36-38-40-48(52)57-45(43-55-42-41-46(49(53)54)50(3,4)5)44-56-47(51)39-37-35-33-31-29-27-21-19-17-15-13-11-9-7-2/h9,11,14-18,20-21,27,45-46H,6-8,10,12-13,19,22-26,28-44H2,1-5H3/p+1/b11-9+,16-14+,17-15+,20-18+,27-21+. The van der Waals surface area contributed by atoms with E-state index in [4.69, 9.17) is 14.2 Å². The molecule has 0 bridgehead atoms. The molecule has 0 aliphatic rings. The van der Waals surface area contributed by atoms with E-state index < -0.39 is 18.1 Å². The van der Waals surface area contributed by atoms with Gasteiger partial charge in [0.15, 0.2) is 12.1 Å². The average molecular weight is 801 g/mol. The van der Waals surface area contributed by atoms with Crippen LogP contribution in [0.5, 0.6) is 0 Å². The molecule has 1 N–H and O–H groups in total. The average Bonchev–Trinajstić information content (AvgIpc) is 3.17. The maximum absolute atomic E-state index is 12.7. The fraction of sp³-hybridized carbons (Fsp3) is 0.735. The second kappa shape index (κ2) is 39.8. The van der Waals surface area contributed by atoms with Crippen molar-refractivity contribution in [2.75, 3.05) is 41.0 Å². The van der Waals surface area contributed by atoms with Crippen molar-refractivity contribution in [3.05, 3.63) is 60.8 Å². The Kier molecular flexibility index (Phi) is 37.8. The lowest BCUT2D eigenvalue weighted by Crippen LogP contribution is -2.50. The second-order valence-corrected chi connectivity index (χ2v) is 16.3. The van der Waals surface area contributed by atoms with Crippen LogP contribution in [0.1, 0.15) is 181 Å². The van der Waals surface area contributed by atoms with Gasteiger partial charge < -0.3 is 23.8 Å². The first kappa shape index (κ1) is 54.0. The zero-order chi connectivity index (χ0) is 42.1. The van der Waals surface area contributed by atoms with Gasteiger partial charge in [0.2, 0.25) is 0 Å². The Labute approximate surface area is 349 Å². The van der Waals surface area contributed by atoms with Gasteiger partial charge in [-0.1, -0.05) is 152 Å². The molecule has 0 saturated heterocycles. The first-order valence-electron chi connectivity index (χ1n) is 22.8. The number of rotatable bonds is 40. The summed E-state index contributed by atoms with van der Waals surface area (Å²) in [5, 5.41) is 9.62. The van der Waals surface area contributed by atoms with Crippen molar-refractivity contribution in [3.63, 3.8) is 0 Å². The maximum Gasteiger partial charge on any atom is 0.362 e. The monoisotopic (exact) mass is 801 g/mol. The van der Waals surface area contributed by atoms with Crippen LogP contribution >= 0.6 is 0 Å². The lowest BCUT2D eigenvalue weighted by Gasteiger charge is -2.31. The highest BCUT2D eigenvalue weighted by molar-refractivity contribution is 5.72. The summed E-state index contributed by atoms with van der Waals surface area (Å²) < 4.78 is 17.3. The van der Waals surface area contributed by atoms with E-state index in [0.717, 1.165) is 70.6 Å². The molecule has 8 heteroatoms. The number of carbonyl (C=O) groups is 3. The zero-order valence-corrected chi connectivity index (χ0v) is 37.3. The van der Waals surface area contributed by atoms with E-state index in [0.29, 0.717) is 19.3 Å². The van der Waals surface area contributed by atoms with E-state index in [-0.39, 0.29) is 36.2 Å². The molecule has 0 aromatic heterocycles. The van der Waals surface area contributed by atoms with Crippen LogP contribution in [0.2, 0.25) is 0 Å². The summed E-state index contributed by atoms with van der Waals surface area (Å²) >= 11 is 0. The number of unbranched alkanes of at least 4 members (excludes halogenated alkanes) is 17. The Morgan fingerprint density at radius 1 is 0.561 bits per heavy atom. The van der Waals surface area contributed by atoms with Crippen LogP contribution in [0.15, 0.2) is 60.8 Å². The molecule has 0 saturated carbocycles. The highest BCUT2D eigenvalue weighted by atomic mass is 16.6. The minimum atomic E-state index is -0.880. The Hall–Kier alpha value is -2.97. The SMILES string of the molecule is CC/C=C/C/C=C/C/C=C/CCCCCCC(=O)OCC(COCCC(C(=O)O)[N+](C)(C)C)OC(=O)CCCCCCCCCCCC/C=C/C=C/CCCCC. The Balaban J connectivity index is 4.34. The van der Waals surface area contributed by atoms with Gasteiger partial charge in [0.05, 0.1) is 34.4 Å². The molecule has 2 atom stereocenters. The number of hydrogen-bond donors (Lipinski definition) is 1. The molecule has 8 nitrogen and oxygen atoms in total. The van der Waals surface area contributed by atoms with Crippen LogP contribution in [-0.2, 0) is 28.6 Å². The fourth-order valence-electron chi connectivity index (χ4n) is 6.39. The molecule has 328 valence electrons. The van der Waals surface area contributed by atoms with E-state index >= 15 is 0 Å². The van der Waals surface area contributed by atoms with Crippen LogP contribution in [0.4, 0.5) is 0 Å². The van der Waals surface area contributed by atoms with Gasteiger partial charge in [0.1, 0.15) is 6.61 Å². The van der Waals surface area contributed by atoms with E-state index in [1.165, 1.54) is 77.0 Å². The smallest absolute Gasteiger partial charge is 0.362 e. The predicted molar refractivity (Wildman–Crippen MR) is 238 cm³/mol. The molecule has 57 heavy (non-hydrogen) atoms. The number of aliphatic carboxylic acids is 1. The third kappa shape index (κ3) is 38.3. The minimum absolute atomic E-state index is 0.0505. The fourth-order valence-corrected chi connectivity index (χ4v) is 6.39. The lowest BCUT2D eigenvalue weighted by molar-refractivity contribution is -0.887. The number of carboxylic acid groups (broad SMARTS) is 1. The minimum Gasteiger partial charge on any atom is -0.477 e. The van der Waals surface area contributed by atoms with E-state index in [2.05, 4.69) is 74.6 Å². The summed E-state index contributed by atoms with van der Waals surface area (Å²) in [5.74, 6) is -1.50. The third-order valence-electron chi connectivity index (χ3n) is 9.93. The largest absolute Gasteiger partial charge is 0.477 e. The Morgan fingerprint density at radius 3 is 1.56 bits per heavy atom. The quantitative estimate of drug-likeness (QED) is 0.0217. The van der Waals surface area contributed by atoms with Crippen molar-refractivity contribution >= 4 is 17.9 Å². The molecule has 2 unspecified atom stereocenters. The van der Waals surface area contributed by atoms with Crippen molar-refractivity contribution in [1.29, 1.82) is 0 Å². The molecule has 0 aliphatic carbocycles. The molecular weight excluding hydrogens is 715 g/mol. The van der Waals surface area contributed by atoms with Crippen LogP contribution in [0.3, 0.4) is 0 Å². The van der Waals surface area contributed by atoms with E-state index in [1.807, 2.05) is 21.1 Å². The predicted octanol–water partition coefficient (Wildman–Crippen LogP) is 12.6. The van der Waals surface area contributed by atoms with Crippen LogP contribution in [0.25, 0.3) is 0 Å². The summed E-state index contributed by atoms with van der Waals surface area (Å²) in [7, 11) is 5.52. The van der Waals surface area contributed by atoms with Gasteiger partial charge in [-0.3, -0.25) is 9.59 Å². The second-order valence-electron chi connectivity index (χ2n) is 16.3. The summed E-state index contributed by atoms with van der Waals surface area (Å²) in [6, 6.07) is -0.620. The van der Waals surface area contributed by atoms with Crippen LogP contribution in [-0.4, -0.2) is 80.6 Å². The maximum atomic E-state index is 12.7. The number of esters is 2. The Bertz CT molecular complexity index is 1120. The Morgan fingerprint density at radius 2 is 1.04 bits per heavy atom. The number of likely N-dealkylation sites (N-methyl/N-ethyl adjacent to an activating group) is 1. The normalized spacial score (nSPS) is 13.5. The van der Waals surface area contributed by atoms with Crippen molar-refractivity contribution in [1.82, 2.24) is 0 Å². The molecule has 0 radical (unpaired) electrons. The molecular formula is C49H86NO7+. The molecule has 0 aromatic rings. The topological polar surface area (TPSA) is 99.1 Å². The zero-order valence-electron chi connectivity index (χ0n) is 37.3. The highest BCUT2D eigenvalue weighted by Gasteiger charge is 2.31. The molecule has 0 aliphatic heterocycles. The first-order valence-corrected chi connectivity index (χ1v) is 22.8.